The number of nitrogens with one attached hydrogen (secondary N) is 1. The summed E-state index contributed by atoms with van der Waals surface area (Å²) in [5.74, 6) is -0.466. The molecule has 0 fully saturated rings. The Morgan fingerprint density at radius 2 is 1.92 bits per heavy atom. The molecule has 0 atom stereocenters. The number of aromatic nitrogens is 3. The number of benzene rings is 1. The minimum Gasteiger partial charge on any atom is -0.403 e. The Bertz CT molecular complexity index is 983. The molecule has 3 rings (SSSR count). The fourth-order valence-electron chi connectivity index (χ4n) is 2.02. The van der Waals surface area contributed by atoms with E-state index in [1.807, 2.05) is 0 Å². The van der Waals surface area contributed by atoms with Gasteiger partial charge in [0, 0.05) is 18.6 Å². The molecular weight excluding hydrogens is 332 g/mol. The van der Waals surface area contributed by atoms with Crippen LogP contribution >= 0.6 is 0 Å². The van der Waals surface area contributed by atoms with E-state index >= 15 is 0 Å². The van der Waals surface area contributed by atoms with E-state index in [1.165, 1.54) is 18.3 Å². The lowest BCUT2D eigenvalue weighted by Crippen LogP contribution is -2.16. The van der Waals surface area contributed by atoms with Gasteiger partial charge in [-0.25, -0.2) is 8.42 Å². The number of anilines is 1. The minimum absolute atomic E-state index is 0.00104. The van der Waals surface area contributed by atoms with E-state index in [1.54, 1.807) is 30.5 Å². The molecule has 3 aromatic rings. The molecule has 24 heavy (non-hydrogen) atoms. The van der Waals surface area contributed by atoms with E-state index in [4.69, 9.17) is 4.42 Å². The van der Waals surface area contributed by atoms with Crippen LogP contribution in [0.25, 0.3) is 11.5 Å². The maximum atomic E-state index is 12.3. The molecule has 1 amide bonds. The maximum Gasteiger partial charge on any atom is 0.322 e. The summed E-state index contributed by atoms with van der Waals surface area (Å²) in [6, 6.07) is 9.18. The van der Waals surface area contributed by atoms with Gasteiger partial charge in [-0.1, -0.05) is 17.2 Å². The zero-order chi connectivity index (χ0) is 17.2. The zero-order valence-corrected chi connectivity index (χ0v) is 13.3. The van der Waals surface area contributed by atoms with Crippen LogP contribution in [0, 0.1) is 0 Å². The van der Waals surface area contributed by atoms with Crippen LogP contribution in [0.2, 0.25) is 0 Å². The lowest BCUT2D eigenvalue weighted by Gasteiger charge is -2.06. The molecule has 2 aromatic heterocycles. The summed E-state index contributed by atoms with van der Waals surface area (Å²) in [7, 11) is -3.54. The largest absolute Gasteiger partial charge is 0.403 e. The molecule has 122 valence electrons. The number of rotatable bonds is 4. The van der Waals surface area contributed by atoms with Gasteiger partial charge in [-0.2, -0.15) is 0 Å². The first-order valence-corrected chi connectivity index (χ1v) is 8.68. The van der Waals surface area contributed by atoms with Gasteiger partial charge in [0.25, 0.3) is 11.8 Å². The van der Waals surface area contributed by atoms with Crippen molar-refractivity contribution in [1.29, 1.82) is 0 Å². The predicted molar refractivity (Wildman–Crippen MR) is 85.0 cm³/mol. The van der Waals surface area contributed by atoms with Gasteiger partial charge in [0.1, 0.15) is 0 Å². The third-order valence-electron chi connectivity index (χ3n) is 3.09. The average Bonchev–Trinajstić information content (AvgIpc) is 3.03. The number of pyridine rings is 1. The molecule has 8 nitrogen and oxygen atoms in total. The van der Waals surface area contributed by atoms with Crippen LogP contribution in [0.1, 0.15) is 10.4 Å². The molecule has 0 spiro atoms. The van der Waals surface area contributed by atoms with Gasteiger partial charge in [0.15, 0.2) is 9.84 Å². The number of carbonyl (C=O) groups is 1. The molecule has 0 saturated heterocycles. The van der Waals surface area contributed by atoms with Crippen molar-refractivity contribution in [1.82, 2.24) is 15.2 Å². The number of sulfone groups is 1. The third kappa shape index (κ3) is 3.30. The lowest BCUT2D eigenvalue weighted by molar-refractivity contribution is 0.102. The van der Waals surface area contributed by atoms with Crippen molar-refractivity contribution in [2.75, 3.05) is 11.6 Å². The molecular formula is C15H12N4O4S. The quantitative estimate of drug-likeness (QED) is 0.767. The van der Waals surface area contributed by atoms with Gasteiger partial charge in [0.05, 0.1) is 16.0 Å². The van der Waals surface area contributed by atoms with Gasteiger partial charge in [-0.15, -0.1) is 5.10 Å². The van der Waals surface area contributed by atoms with Crippen LogP contribution in [-0.4, -0.2) is 35.8 Å². The van der Waals surface area contributed by atoms with Crippen LogP contribution in [0.4, 0.5) is 6.01 Å². The van der Waals surface area contributed by atoms with Crippen LogP contribution < -0.4 is 5.32 Å². The zero-order valence-electron chi connectivity index (χ0n) is 12.5. The fourth-order valence-corrected chi connectivity index (χ4v) is 2.91. The highest BCUT2D eigenvalue weighted by molar-refractivity contribution is 7.90. The van der Waals surface area contributed by atoms with Gasteiger partial charge in [-0.3, -0.25) is 15.1 Å². The summed E-state index contributed by atoms with van der Waals surface area (Å²) < 4.78 is 28.9. The van der Waals surface area contributed by atoms with E-state index in [0.717, 1.165) is 6.26 Å². The van der Waals surface area contributed by atoms with Crippen molar-refractivity contribution in [3.63, 3.8) is 0 Å². The first kappa shape index (κ1) is 15.8. The number of hydrogen-bond donors (Lipinski definition) is 1. The summed E-state index contributed by atoms with van der Waals surface area (Å²) in [6.45, 7) is 0. The van der Waals surface area contributed by atoms with Crippen LogP contribution in [0.5, 0.6) is 0 Å². The Balaban J connectivity index is 1.86. The molecule has 9 heteroatoms. The van der Waals surface area contributed by atoms with Crippen molar-refractivity contribution >= 4 is 21.8 Å². The van der Waals surface area contributed by atoms with Gasteiger partial charge >= 0.3 is 6.01 Å². The molecule has 0 bridgehead atoms. The monoisotopic (exact) mass is 344 g/mol. The standard InChI is InChI=1S/C15H12N4O4S/c1-24(21,22)12-7-3-2-6-11(12)13(20)17-15-19-18-14(23-15)10-5-4-8-16-9-10/h2-9H,1H3,(H,17,19,20). The van der Waals surface area contributed by atoms with Gasteiger partial charge in [0.2, 0.25) is 0 Å². The van der Waals surface area contributed by atoms with E-state index in [9.17, 15) is 13.2 Å². The van der Waals surface area contributed by atoms with E-state index < -0.39 is 15.7 Å². The Labute approximate surface area is 137 Å². The lowest BCUT2D eigenvalue weighted by atomic mass is 10.2. The van der Waals surface area contributed by atoms with E-state index in [-0.39, 0.29) is 22.4 Å². The molecule has 0 aliphatic heterocycles. The number of nitrogens with zero attached hydrogens (tertiary/aromatic N) is 3. The van der Waals surface area contributed by atoms with E-state index in [0.29, 0.717) is 5.56 Å². The summed E-state index contributed by atoms with van der Waals surface area (Å²) >= 11 is 0. The molecule has 0 aliphatic carbocycles. The smallest absolute Gasteiger partial charge is 0.322 e. The van der Waals surface area contributed by atoms with Crippen molar-refractivity contribution in [2.24, 2.45) is 0 Å². The summed E-state index contributed by atoms with van der Waals surface area (Å²) in [6.07, 6.45) is 4.18. The van der Waals surface area contributed by atoms with Crippen molar-refractivity contribution in [3.05, 3.63) is 54.4 Å². The number of amides is 1. The average molecular weight is 344 g/mol. The van der Waals surface area contributed by atoms with Crippen molar-refractivity contribution in [2.45, 2.75) is 4.90 Å². The predicted octanol–water partition coefficient (Wildman–Crippen LogP) is 1.79. The fraction of sp³-hybridized carbons (Fsp3) is 0.0667. The van der Waals surface area contributed by atoms with Gasteiger partial charge < -0.3 is 4.42 Å². The topological polar surface area (TPSA) is 115 Å². The van der Waals surface area contributed by atoms with Crippen molar-refractivity contribution in [3.8, 4) is 11.5 Å². The first-order valence-electron chi connectivity index (χ1n) is 6.79. The second kappa shape index (κ2) is 6.20. The highest BCUT2D eigenvalue weighted by Gasteiger charge is 2.20. The number of carbonyl (C=O) groups excluding carboxylic acids is 1. The Hall–Kier alpha value is -3.07. The third-order valence-corrected chi connectivity index (χ3v) is 4.24. The molecule has 2 heterocycles. The Morgan fingerprint density at radius 3 is 2.62 bits per heavy atom. The highest BCUT2D eigenvalue weighted by atomic mass is 32.2. The normalized spacial score (nSPS) is 11.2. The maximum absolute atomic E-state index is 12.3. The molecule has 0 radical (unpaired) electrons. The molecule has 1 aromatic carbocycles. The van der Waals surface area contributed by atoms with Crippen LogP contribution in [0.15, 0.2) is 58.1 Å². The Kier molecular flexibility index (Phi) is 4.09. The summed E-state index contributed by atoms with van der Waals surface area (Å²) in [5.41, 5.74) is 0.600. The van der Waals surface area contributed by atoms with E-state index in [2.05, 4.69) is 20.5 Å². The molecule has 0 aliphatic rings. The number of hydrogen-bond acceptors (Lipinski definition) is 7. The molecule has 0 saturated carbocycles. The van der Waals surface area contributed by atoms with Crippen LogP contribution in [0.3, 0.4) is 0 Å². The Morgan fingerprint density at radius 1 is 1.12 bits per heavy atom. The summed E-state index contributed by atoms with van der Waals surface area (Å²) in [4.78, 5) is 16.2. The van der Waals surface area contributed by atoms with Gasteiger partial charge in [-0.05, 0) is 24.3 Å². The summed E-state index contributed by atoms with van der Waals surface area (Å²) in [5, 5.41) is 9.94. The first-order chi connectivity index (χ1) is 11.4. The second-order valence-corrected chi connectivity index (χ2v) is 6.86. The van der Waals surface area contributed by atoms with Crippen LogP contribution in [-0.2, 0) is 9.84 Å². The SMILES string of the molecule is CS(=O)(=O)c1ccccc1C(=O)Nc1nnc(-c2cccnc2)o1. The van der Waals surface area contributed by atoms with Crippen molar-refractivity contribution < 1.29 is 17.6 Å². The molecule has 1 N–H and O–H groups in total. The second-order valence-electron chi connectivity index (χ2n) is 4.88. The molecule has 0 unspecified atom stereocenters. The highest BCUT2D eigenvalue weighted by Crippen LogP contribution is 2.20. The minimum atomic E-state index is -3.54.